The van der Waals surface area contributed by atoms with Crippen LogP contribution < -0.4 is 4.74 Å². The second-order valence-corrected chi connectivity index (χ2v) is 7.37. The summed E-state index contributed by atoms with van der Waals surface area (Å²) in [5, 5.41) is 0. The summed E-state index contributed by atoms with van der Waals surface area (Å²) in [6.45, 7) is 13.0. The fourth-order valence-electron chi connectivity index (χ4n) is 1.99. The topological polar surface area (TPSA) is 35.5 Å². The minimum atomic E-state index is -0.677. The first-order chi connectivity index (χ1) is 9.03. The number of rotatable bonds is 2. The second-order valence-electron chi connectivity index (χ2n) is 7.37. The molecule has 0 amide bonds. The number of methoxy groups -OCH3 is 1. The first kappa shape index (κ1) is 16.5. The van der Waals surface area contributed by atoms with Crippen molar-refractivity contribution in [2.75, 3.05) is 7.11 Å². The van der Waals surface area contributed by atoms with Crippen molar-refractivity contribution < 1.29 is 14.3 Å². The van der Waals surface area contributed by atoms with E-state index in [4.69, 9.17) is 4.74 Å². The molecule has 3 nitrogen and oxygen atoms in total. The highest BCUT2D eigenvalue weighted by Crippen LogP contribution is 2.32. The molecule has 0 aliphatic carbocycles. The highest BCUT2D eigenvalue weighted by molar-refractivity contribution is 5.64. The van der Waals surface area contributed by atoms with E-state index in [2.05, 4.69) is 52.3 Å². The lowest BCUT2D eigenvalue weighted by molar-refractivity contribution is 0.121. The van der Waals surface area contributed by atoms with E-state index < -0.39 is 6.16 Å². The molecule has 0 unspecified atom stereocenters. The number of benzene rings is 1. The van der Waals surface area contributed by atoms with Gasteiger partial charge in [-0.3, -0.25) is 0 Å². The van der Waals surface area contributed by atoms with Crippen molar-refractivity contribution in [1.29, 1.82) is 0 Å². The molecule has 3 heteroatoms. The van der Waals surface area contributed by atoms with Gasteiger partial charge in [0.05, 0.1) is 7.11 Å². The third-order valence-electron chi connectivity index (χ3n) is 3.01. The van der Waals surface area contributed by atoms with Gasteiger partial charge < -0.3 is 9.47 Å². The van der Waals surface area contributed by atoms with Crippen LogP contribution >= 0.6 is 0 Å². The average Bonchev–Trinajstić information content (AvgIpc) is 2.27. The summed E-state index contributed by atoms with van der Waals surface area (Å²) in [5.74, 6) is 0.583. The minimum absolute atomic E-state index is 0.0659. The van der Waals surface area contributed by atoms with Gasteiger partial charge in [0, 0.05) is 0 Å². The van der Waals surface area contributed by atoms with E-state index in [1.54, 1.807) is 0 Å². The zero-order valence-electron chi connectivity index (χ0n) is 13.7. The van der Waals surface area contributed by atoms with Crippen molar-refractivity contribution in [3.8, 4) is 5.75 Å². The van der Waals surface area contributed by atoms with Crippen molar-refractivity contribution in [3.63, 3.8) is 0 Å². The molecule has 1 aromatic carbocycles. The normalized spacial score (nSPS) is 12.2. The summed E-state index contributed by atoms with van der Waals surface area (Å²) in [7, 11) is 1.31. The van der Waals surface area contributed by atoms with Gasteiger partial charge in [0.15, 0.2) is 0 Å². The third kappa shape index (κ3) is 4.87. The van der Waals surface area contributed by atoms with Crippen molar-refractivity contribution in [3.05, 3.63) is 29.3 Å². The zero-order chi connectivity index (χ0) is 15.6. The van der Waals surface area contributed by atoms with E-state index in [1.807, 2.05) is 12.1 Å². The summed E-state index contributed by atoms with van der Waals surface area (Å²) >= 11 is 0. The van der Waals surface area contributed by atoms with Crippen LogP contribution in [0.3, 0.4) is 0 Å². The molecule has 0 aromatic heterocycles. The predicted octanol–water partition coefficient (Wildman–Crippen LogP) is 4.72. The molecular weight excluding hydrogens is 252 g/mol. The monoisotopic (exact) mass is 278 g/mol. The first-order valence-electron chi connectivity index (χ1n) is 6.92. The van der Waals surface area contributed by atoms with Gasteiger partial charge in [-0.1, -0.05) is 53.7 Å². The number of carbonyl (C=O) groups is 1. The van der Waals surface area contributed by atoms with Crippen LogP contribution in [0.4, 0.5) is 4.79 Å². The van der Waals surface area contributed by atoms with Crippen LogP contribution in [0.2, 0.25) is 0 Å². The summed E-state index contributed by atoms with van der Waals surface area (Å²) in [5.41, 5.74) is 2.45. The Labute approximate surface area is 122 Å². The Morgan fingerprint density at radius 3 is 2.15 bits per heavy atom. The van der Waals surface area contributed by atoms with E-state index in [-0.39, 0.29) is 10.8 Å². The summed E-state index contributed by atoms with van der Waals surface area (Å²) in [6.07, 6.45) is 0.159. The van der Waals surface area contributed by atoms with Crippen LogP contribution in [-0.4, -0.2) is 13.3 Å². The van der Waals surface area contributed by atoms with Crippen molar-refractivity contribution in [2.24, 2.45) is 5.41 Å². The molecule has 0 atom stereocenters. The van der Waals surface area contributed by atoms with Crippen LogP contribution in [0.1, 0.15) is 52.7 Å². The van der Waals surface area contributed by atoms with Gasteiger partial charge in [0.1, 0.15) is 5.75 Å². The summed E-state index contributed by atoms with van der Waals surface area (Å²) in [4.78, 5) is 11.3. The molecule has 0 aliphatic rings. The number of hydrogen-bond acceptors (Lipinski definition) is 3. The number of carbonyl (C=O) groups excluding carboxylic acids is 1. The van der Waals surface area contributed by atoms with Crippen LogP contribution in [0, 0.1) is 5.41 Å². The predicted molar refractivity (Wildman–Crippen MR) is 81.3 cm³/mol. The maximum Gasteiger partial charge on any atom is 0.513 e. The summed E-state index contributed by atoms with van der Waals surface area (Å²) < 4.78 is 9.82. The average molecular weight is 278 g/mol. The summed E-state index contributed by atoms with van der Waals surface area (Å²) in [6, 6.07) is 5.99. The molecule has 0 saturated heterocycles. The highest BCUT2D eigenvalue weighted by Gasteiger charge is 2.20. The Morgan fingerprint density at radius 2 is 1.70 bits per heavy atom. The zero-order valence-corrected chi connectivity index (χ0v) is 13.7. The standard InChI is InChI=1S/C17H26O3/c1-16(2,3)11-12-10-13(17(4,5)6)8-9-14(12)20-15(18)19-7/h8-10H,11H2,1-7H3. The second kappa shape index (κ2) is 5.86. The van der Waals surface area contributed by atoms with Crippen molar-refractivity contribution in [2.45, 2.75) is 53.4 Å². The van der Waals surface area contributed by atoms with Gasteiger partial charge >= 0.3 is 6.16 Å². The Bertz CT molecular complexity index is 476. The van der Waals surface area contributed by atoms with Crippen LogP contribution in [0.5, 0.6) is 5.75 Å². The van der Waals surface area contributed by atoms with Crippen molar-refractivity contribution in [1.82, 2.24) is 0 Å². The lowest BCUT2D eigenvalue weighted by Gasteiger charge is -2.24. The SMILES string of the molecule is COC(=O)Oc1ccc(C(C)(C)C)cc1CC(C)(C)C. The molecule has 0 fully saturated rings. The van der Waals surface area contributed by atoms with Crippen LogP contribution in [0.25, 0.3) is 0 Å². The van der Waals surface area contributed by atoms with E-state index >= 15 is 0 Å². The molecule has 0 aliphatic heterocycles. The van der Waals surface area contributed by atoms with Gasteiger partial charge in [-0.15, -0.1) is 0 Å². The Balaban J connectivity index is 3.20. The fourth-order valence-corrected chi connectivity index (χ4v) is 1.99. The Morgan fingerprint density at radius 1 is 1.10 bits per heavy atom. The maximum atomic E-state index is 11.3. The van der Waals surface area contributed by atoms with Gasteiger partial charge in [0.2, 0.25) is 0 Å². The van der Waals surface area contributed by atoms with Crippen molar-refractivity contribution >= 4 is 6.16 Å². The lowest BCUT2D eigenvalue weighted by atomic mass is 9.82. The van der Waals surface area contributed by atoms with Gasteiger partial charge in [0.25, 0.3) is 0 Å². The molecule has 0 heterocycles. The molecule has 0 saturated carbocycles. The van der Waals surface area contributed by atoms with E-state index in [0.717, 1.165) is 12.0 Å². The molecule has 112 valence electrons. The molecule has 0 bridgehead atoms. The molecule has 0 spiro atoms. The van der Waals surface area contributed by atoms with E-state index in [9.17, 15) is 4.79 Å². The third-order valence-corrected chi connectivity index (χ3v) is 3.01. The quantitative estimate of drug-likeness (QED) is 0.580. The largest absolute Gasteiger partial charge is 0.513 e. The molecule has 1 rings (SSSR count). The Kier molecular flexibility index (Phi) is 4.85. The molecule has 0 N–H and O–H groups in total. The molecule has 1 aromatic rings. The van der Waals surface area contributed by atoms with Crippen LogP contribution in [0.15, 0.2) is 18.2 Å². The Hall–Kier alpha value is -1.51. The van der Waals surface area contributed by atoms with E-state index in [0.29, 0.717) is 5.75 Å². The highest BCUT2D eigenvalue weighted by atomic mass is 16.7. The lowest BCUT2D eigenvalue weighted by Crippen LogP contribution is -2.16. The maximum absolute atomic E-state index is 11.3. The smallest absolute Gasteiger partial charge is 0.437 e. The van der Waals surface area contributed by atoms with Gasteiger partial charge in [-0.25, -0.2) is 4.79 Å². The number of ether oxygens (including phenoxy) is 2. The number of hydrogen-bond donors (Lipinski definition) is 0. The first-order valence-corrected chi connectivity index (χ1v) is 6.92. The van der Waals surface area contributed by atoms with Crippen LogP contribution in [-0.2, 0) is 16.6 Å². The molecule has 0 radical (unpaired) electrons. The van der Waals surface area contributed by atoms with Gasteiger partial charge in [-0.05, 0) is 34.4 Å². The molecule has 20 heavy (non-hydrogen) atoms. The van der Waals surface area contributed by atoms with Gasteiger partial charge in [-0.2, -0.15) is 0 Å². The fraction of sp³-hybridized carbons (Fsp3) is 0.588. The molecular formula is C17H26O3. The van der Waals surface area contributed by atoms with E-state index in [1.165, 1.54) is 12.7 Å². The minimum Gasteiger partial charge on any atom is -0.437 e.